The van der Waals surface area contributed by atoms with Crippen LogP contribution in [0.2, 0.25) is 0 Å². The first kappa shape index (κ1) is 10.9. The Morgan fingerprint density at radius 3 is 2.21 bits per heavy atom. The largest absolute Gasteiger partial charge is 0.120 e. The second-order valence-electron chi connectivity index (χ2n) is 4.13. The van der Waals surface area contributed by atoms with Gasteiger partial charge in [-0.1, -0.05) is 38.1 Å². The number of hydrogen-bond donors (Lipinski definition) is 0. The second-order valence-corrected chi connectivity index (χ2v) is 4.13. The van der Waals surface area contributed by atoms with Gasteiger partial charge in [0.05, 0.1) is 0 Å². The van der Waals surface area contributed by atoms with E-state index in [1.807, 2.05) is 0 Å². The quantitative estimate of drug-likeness (QED) is 0.632. The van der Waals surface area contributed by atoms with Gasteiger partial charge in [-0.05, 0) is 29.9 Å². The van der Waals surface area contributed by atoms with Crippen molar-refractivity contribution < 1.29 is 0 Å². The smallest absolute Gasteiger partial charge is 0.0337 e. The Morgan fingerprint density at radius 1 is 1.14 bits per heavy atom. The lowest BCUT2D eigenvalue weighted by molar-refractivity contribution is 0.586. The van der Waals surface area contributed by atoms with Gasteiger partial charge in [-0.15, -0.1) is 12.3 Å². The maximum Gasteiger partial charge on any atom is 0.0337 e. The predicted molar refractivity (Wildman–Crippen MR) is 62.1 cm³/mol. The molecule has 0 bridgehead atoms. The van der Waals surface area contributed by atoms with Crippen molar-refractivity contribution in [2.45, 2.75) is 33.1 Å². The van der Waals surface area contributed by atoms with E-state index in [9.17, 15) is 0 Å². The monoisotopic (exact) mass is 186 g/mol. The molecule has 0 saturated heterocycles. The maximum atomic E-state index is 5.25. The minimum atomic E-state index is 0.741. The lowest BCUT2D eigenvalue weighted by Gasteiger charge is -2.05. The molecule has 0 saturated carbocycles. The normalized spacial score (nSPS) is 10.1. The van der Waals surface area contributed by atoms with Crippen LogP contribution in [0.5, 0.6) is 0 Å². The van der Waals surface area contributed by atoms with Crippen LogP contribution in [0, 0.1) is 18.3 Å². The summed E-state index contributed by atoms with van der Waals surface area (Å²) in [6.07, 6.45) is 8.42. The van der Waals surface area contributed by atoms with E-state index in [4.69, 9.17) is 6.42 Å². The number of aryl methyl sites for hydroxylation is 1. The first-order chi connectivity index (χ1) is 6.72. The molecule has 0 aliphatic rings. The molecule has 0 spiro atoms. The summed E-state index contributed by atoms with van der Waals surface area (Å²) in [6.45, 7) is 4.51. The predicted octanol–water partition coefficient (Wildman–Crippen LogP) is 3.45. The molecule has 74 valence electrons. The molecule has 14 heavy (non-hydrogen) atoms. The van der Waals surface area contributed by atoms with Gasteiger partial charge in [-0.25, -0.2) is 0 Å². The Kier molecular flexibility index (Phi) is 4.26. The molecule has 0 fully saturated rings. The zero-order chi connectivity index (χ0) is 10.4. The van der Waals surface area contributed by atoms with Gasteiger partial charge in [0, 0.05) is 6.42 Å². The number of rotatable bonds is 4. The molecule has 0 unspecified atom stereocenters. The van der Waals surface area contributed by atoms with E-state index in [1.165, 1.54) is 24.0 Å². The molecular weight excluding hydrogens is 168 g/mol. The molecular formula is C14H18. The molecule has 0 aromatic heterocycles. The Hall–Kier alpha value is -1.22. The molecule has 0 aliphatic carbocycles. The van der Waals surface area contributed by atoms with Gasteiger partial charge >= 0.3 is 0 Å². The van der Waals surface area contributed by atoms with Gasteiger partial charge in [-0.3, -0.25) is 0 Å². The molecule has 1 aromatic rings. The van der Waals surface area contributed by atoms with Crippen LogP contribution in [0.3, 0.4) is 0 Å². The average Bonchev–Trinajstić information content (AvgIpc) is 2.17. The summed E-state index contributed by atoms with van der Waals surface area (Å²) in [5.41, 5.74) is 2.65. The fraction of sp³-hybridized carbons (Fsp3) is 0.429. The minimum Gasteiger partial charge on any atom is -0.120 e. The minimum absolute atomic E-state index is 0.741. The Bertz CT molecular complexity index is 298. The summed E-state index contributed by atoms with van der Waals surface area (Å²) in [6, 6.07) is 8.65. The molecule has 0 amide bonds. The van der Waals surface area contributed by atoms with E-state index < -0.39 is 0 Å². The summed E-state index contributed by atoms with van der Waals surface area (Å²) in [5, 5.41) is 0. The Morgan fingerprint density at radius 2 is 1.71 bits per heavy atom. The van der Waals surface area contributed by atoms with Crippen LogP contribution in [0.25, 0.3) is 0 Å². The van der Waals surface area contributed by atoms with Gasteiger partial charge < -0.3 is 0 Å². The van der Waals surface area contributed by atoms with Gasteiger partial charge in [-0.2, -0.15) is 0 Å². The van der Waals surface area contributed by atoms with Crippen LogP contribution in [-0.2, 0) is 12.8 Å². The van der Waals surface area contributed by atoms with E-state index >= 15 is 0 Å². The number of benzene rings is 1. The number of terminal acetylenes is 1. The second kappa shape index (κ2) is 5.50. The lowest BCUT2D eigenvalue weighted by atomic mass is 10.0. The molecule has 1 aromatic carbocycles. The van der Waals surface area contributed by atoms with E-state index in [1.54, 1.807) is 0 Å². The van der Waals surface area contributed by atoms with Crippen LogP contribution < -0.4 is 0 Å². The summed E-state index contributed by atoms with van der Waals surface area (Å²) < 4.78 is 0. The Labute approximate surface area is 87.4 Å². The summed E-state index contributed by atoms with van der Waals surface area (Å²) >= 11 is 0. The molecule has 0 nitrogen and oxygen atoms in total. The fourth-order valence-corrected chi connectivity index (χ4v) is 1.40. The molecule has 0 aliphatic heterocycles. The van der Waals surface area contributed by atoms with E-state index in [2.05, 4.69) is 44.0 Å². The lowest BCUT2D eigenvalue weighted by Crippen LogP contribution is -1.92. The van der Waals surface area contributed by atoms with Crippen molar-refractivity contribution in [1.29, 1.82) is 0 Å². The third-order valence-electron chi connectivity index (χ3n) is 2.34. The molecule has 0 radical (unpaired) electrons. The first-order valence-electron chi connectivity index (χ1n) is 5.23. The van der Waals surface area contributed by atoms with E-state index in [0.29, 0.717) is 0 Å². The molecule has 0 atom stereocenters. The van der Waals surface area contributed by atoms with Gasteiger partial charge in [0.1, 0.15) is 0 Å². The molecule has 0 heteroatoms. The van der Waals surface area contributed by atoms with Crippen molar-refractivity contribution in [3.8, 4) is 12.3 Å². The first-order valence-corrected chi connectivity index (χ1v) is 5.23. The maximum absolute atomic E-state index is 5.25. The average molecular weight is 186 g/mol. The molecule has 1 rings (SSSR count). The summed E-state index contributed by atoms with van der Waals surface area (Å²) in [4.78, 5) is 0. The highest BCUT2D eigenvalue weighted by Crippen LogP contribution is 2.10. The standard InChI is InChI=1S/C14H18/c1-4-5-13-8-10-14(11-9-13)7-6-12(2)3/h1,8-12H,5-7H2,2-3H3. The summed E-state index contributed by atoms with van der Waals surface area (Å²) in [7, 11) is 0. The van der Waals surface area contributed by atoms with Crippen molar-refractivity contribution in [1.82, 2.24) is 0 Å². The van der Waals surface area contributed by atoms with E-state index in [-0.39, 0.29) is 0 Å². The van der Waals surface area contributed by atoms with E-state index in [0.717, 1.165) is 12.3 Å². The van der Waals surface area contributed by atoms with Crippen LogP contribution in [-0.4, -0.2) is 0 Å². The molecule has 0 heterocycles. The fourth-order valence-electron chi connectivity index (χ4n) is 1.40. The zero-order valence-electron chi connectivity index (χ0n) is 9.09. The highest BCUT2D eigenvalue weighted by molar-refractivity contribution is 5.25. The summed E-state index contributed by atoms with van der Waals surface area (Å²) in [5.74, 6) is 3.43. The SMILES string of the molecule is C#CCc1ccc(CCC(C)C)cc1. The third-order valence-corrected chi connectivity index (χ3v) is 2.34. The highest BCUT2D eigenvalue weighted by atomic mass is 14.0. The van der Waals surface area contributed by atoms with Crippen molar-refractivity contribution in [2.75, 3.05) is 0 Å². The van der Waals surface area contributed by atoms with Gasteiger partial charge in [0.25, 0.3) is 0 Å². The van der Waals surface area contributed by atoms with Crippen molar-refractivity contribution in [3.63, 3.8) is 0 Å². The van der Waals surface area contributed by atoms with Crippen molar-refractivity contribution in [3.05, 3.63) is 35.4 Å². The highest BCUT2D eigenvalue weighted by Gasteiger charge is 1.97. The van der Waals surface area contributed by atoms with Gasteiger partial charge in [0.15, 0.2) is 0 Å². The topological polar surface area (TPSA) is 0 Å². The Balaban J connectivity index is 2.52. The van der Waals surface area contributed by atoms with Crippen molar-refractivity contribution in [2.24, 2.45) is 5.92 Å². The van der Waals surface area contributed by atoms with Crippen molar-refractivity contribution >= 4 is 0 Å². The molecule has 0 N–H and O–H groups in total. The third kappa shape index (κ3) is 3.66. The van der Waals surface area contributed by atoms with Crippen LogP contribution in [0.15, 0.2) is 24.3 Å². The van der Waals surface area contributed by atoms with Crippen LogP contribution >= 0.6 is 0 Å². The zero-order valence-corrected chi connectivity index (χ0v) is 9.09. The van der Waals surface area contributed by atoms with Crippen LogP contribution in [0.4, 0.5) is 0 Å². The van der Waals surface area contributed by atoms with Gasteiger partial charge in [0.2, 0.25) is 0 Å². The number of hydrogen-bond acceptors (Lipinski definition) is 0. The van der Waals surface area contributed by atoms with Crippen LogP contribution in [0.1, 0.15) is 31.4 Å².